The molecule has 0 radical (unpaired) electrons. The zero-order chi connectivity index (χ0) is 14.8. The summed E-state index contributed by atoms with van der Waals surface area (Å²) in [5.41, 5.74) is 0.262. The number of fused-ring (bicyclic) bond motifs is 1. The van der Waals surface area contributed by atoms with Gasteiger partial charge in [-0.2, -0.15) is 4.68 Å². The molecule has 0 fully saturated rings. The van der Waals surface area contributed by atoms with Gasteiger partial charge in [-0.15, -0.1) is 5.10 Å². The molecule has 106 valence electrons. The molecule has 0 spiro atoms. The highest BCUT2D eigenvalue weighted by molar-refractivity contribution is 6.34. The predicted molar refractivity (Wildman–Crippen MR) is 80.9 cm³/mol. The Bertz CT molecular complexity index is 864. The number of halogens is 2. The van der Waals surface area contributed by atoms with Crippen LogP contribution in [0.5, 0.6) is 5.75 Å². The van der Waals surface area contributed by atoms with Crippen LogP contribution in [0.15, 0.2) is 47.3 Å². The number of hydrogen-bond donors (Lipinski definition) is 0. The molecule has 0 saturated carbocycles. The van der Waals surface area contributed by atoms with Gasteiger partial charge in [-0.05, 0) is 24.3 Å². The Hall–Kier alpha value is -2.11. The van der Waals surface area contributed by atoms with Crippen molar-refractivity contribution in [3.05, 3.63) is 62.9 Å². The van der Waals surface area contributed by atoms with Gasteiger partial charge in [0.05, 0.1) is 10.4 Å². The fourth-order valence-corrected chi connectivity index (χ4v) is 2.16. The molecule has 3 aromatic rings. The van der Waals surface area contributed by atoms with E-state index in [2.05, 4.69) is 10.3 Å². The lowest BCUT2D eigenvalue weighted by atomic mass is 10.2. The fraction of sp³-hybridized carbons (Fsp3) is 0.0714. The number of hydrogen-bond acceptors (Lipinski definition) is 4. The molecule has 1 heterocycles. The molecule has 21 heavy (non-hydrogen) atoms. The van der Waals surface area contributed by atoms with E-state index in [1.807, 2.05) is 0 Å². The van der Waals surface area contributed by atoms with Crippen LogP contribution in [-0.4, -0.2) is 15.0 Å². The molecule has 3 rings (SSSR count). The van der Waals surface area contributed by atoms with Crippen LogP contribution in [0.3, 0.4) is 0 Å². The molecule has 0 unspecified atom stereocenters. The van der Waals surface area contributed by atoms with E-state index in [9.17, 15) is 4.79 Å². The van der Waals surface area contributed by atoms with Crippen molar-refractivity contribution in [1.29, 1.82) is 0 Å². The summed E-state index contributed by atoms with van der Waals surface area (Å²) in [5, 5.41) is 9.17. The molecule has 0 bridgehead atoms. The van der Waals surface area contributed by atoms with E-state index in [-0.39, 0.29) is 12.3 Å². The summed E-state index contributed by atoms with van der Waals surface area (Å²) >= 11 is 11.9. The van der Waals surface area contributed by atoms with E-state index in [0.717, 1.165) is 4.68 Å². The van der Waals surface area contributed by atoms with Crippen LogP contribution in [0, 0.1) is 0 Å². The molecule has 0 N–H and O–H groups in total. The molecule has 0 aliphatic heterocycles. The summed E-state index contributed by atoms with van der Waals surface area (Å²) in [4.78, 5) is 12.2. The monoisotopic (exact) mass is 321 g/mol. The normalized spacial score (nSPS) is 10.8. The van der Waals surface area contributed by atoms with Crippen molar-refractivity contribution in [2.45, 2.75) is 6.73 Å². The maximum atomic E-state index is 12.2. The van der Waals surface area contributed by atoms with Crippen molar-refractivity contribution in [1.82, 2.24) is 15.0 Å². The van der Waals surface area contributed by atoms with Crippen LogP contribution < -0.4 is 10.3 Å². The van der Waals surface area contributed by atoms with Gasteiger partial charge in [0.15, 0.2) is 6.73 Å². The quantitative estimate of drug-likeness (QED) is 0.743. The van der Waals surface area contributed by atoms with Gasteiger partial charge in [0.2, 0.25) is 0 Å². The lowest BCUT2D eigenvalue weighted by Crippen LogP contribution is -2.26. The first-order chi connectivity index (χ1) is 10.1. The van der Waals surface area contributed by atoms with Gasteiger partial charge in [0.1, 0.15) is 11.3 Å². The lowest BCUT2D eigenvalue weighted by molar-refractivity contribution is 0.211. The molecule has 1 aromatic heterocycles. The minimum absolute atomic E-state index is 0.100. The first-order valence-electron chi connectivity index (χ1n) is 6.05. The minimum Gasteiger partial charge on any atom is -0.469 e. The maximum Gasteiger partial charge on any atom is 0.280 e. The summed E-state index contributed by atoms with van der Waals surface area (Å²) < 4.78 is 6.60. The zero-order valence-electron chi connectivity index (χ0n) is 10.7. The average molecular weight is 322 g/mol. The van der Waals surface area contributed by atoms with E-state index in [4.69, 9.17) is 27.9 Å². The number of nitrogens with zero attached hydrogens (tertiary/aromatic N) is 3. The van der Waals surface area contributed by atoms with Crippen LogP contribution in [-0.2, 0) is 6.73 Å². The summed E-state index contributed by atoms with van der Waals surface area (Å²) in [7, 11) is 0. The third-order valence-electron chi connectivity index (χ3n) is 2.86. The molecule has 0 atom stereocenters. The fourth-order valence-electron chi connectivity index (χ4n) is 1.83. The molecular weight excluding hydrogens is 313 g/mol. The van der Waals surface area contributed by atoms with Crippen molar-refractivity contribution >= 4 is 34.1 Å². The van der Waals surface area contributed by atoms with Crippen LogP contribution in [0.4, 0.5) is 0 Å². The van der Waals surface area contributed by atoms with Gasteiger partial charge < -0.3 is 4.74 Å². The first-order valence-corrected chi connectivity index (χ1v) is 6.81. The molecule has 0 amide bonds. The highest BCUT2D eigenvalue weighted by Gasteiger charge is 2.07. The smallest absolute Gasteiger partial charge is 0.280 e. The summed E-state index contributed by atoms with van der Waals surface area (Å²) in [5.74, 6) is 0.381. The number of aromatic nitrogens is 3. The zero-order valence-corrected chi connectivity index (χ0v) is 12.2. The van der Waals surface area contributed by atoms with E-state index >= 15 is 0 Å². The second-order valence-corrected chi connectivity index (χ2v) is 5.10. The van der Waals surface area contributed by atoms with Gasteiger partial charge >= 0.3 is 0 Å². The molecule has 2 aromatic carbocycles. The topological polar surface area (TPSA) is 57.0 Å². The minimum atomic E-state index is -0.279. The summed E-state index contributed by atoms with van der Waals surface area (Å²) in [6.45, 7) is -0.100. The average Bonchev–Trinajstić information content (AvgIpc) is 2.50. The third-order valence-corrected chi connectivity index (χ3v) is 3.41. The molecule has 0 aliphatic carbocycles. The Labute approximate surface area is 129 Å². The van der Waals surface area contributed by atoms with Crippen LogP contribution in [0.25, 0.3) is 10.9 Å². The van der Waals surface area contributed by atoms with Crippen molar-refractivity contribution in [2.24, 2.45) is 0 Å². The van der Waals surface area contributed by atoms with Crippen molar-refractivity contribution in [2.75, 3.05) is 0 Å². The van der Waals surface area contributed by atoms with E-state index in [1.54, 1.807) is 42.5 Å². The molecule has 0 saturated heterocycles. The second-order valence-electron chi connectivity index (χ2n) is 4.26. The molecule has 0 aliphatic rings. The van der Waals surface area contributed by atoms with Crippen molar-refractivity contribution in [3.63, 3.8) is 0 Å². The van der Waals surface area contributed by atoms with Crippen LogP contribution >= 0.6 is 23.2 Å². The van der Waals surface area contributed by atoms with Gasteiger partial charge in [0, 0.05) is 11.1 Å². The first kappa shape index (κ1) is 13.9. The Morgan fingerprint density at radius 1 is 1.14 bits per heavy atom. The molecular formula is C14H9Cl2N3O2. The number of rotatable bonds is 3. The van der Waals surface area contributed by atoms with E-state index < -0.39 is 0 Å². The Morgan fingerprint density at radius 2 is 1.95 bits per heavy atom. The van der Waals surface area contributed by atoms with Gasteiger partial charge in [-0.25, -0.2) is 0 Å². The van der Waals surface area contributed by atoms with Gasteiger partial charge in [0.25, 0.3) is 5.56 Å². The standard InChI is InChI=1S/C14H9Cl2N3O2/c15-9-5-6-11(16)13(7-9)21-8-19-14(20)10-3-1-2-4-12(10)17-18-19/h1-7H,8H2. The second kappa shape index (κ2) is 5.71. The van der Waals surface area contributed by atoms with Crippen LogP contribution in [0.2, 0.25) is 10.0 Å². The van der Waals surface area contributed by atoms with Crippen LogP contribution in [0.1, 0.15) is 0 Å². The third kappa shape index (κ3) is 2.84. The largest absolute Gasteiger partial charge is 0.469 e. The summed E-state index contributed by atoms with van der Waals surface area (Å²) in [6, 6.07) is 11.8. The summed E-state index contributed by atoms with van der Waals surface area (Å²) in [6.07, 6.45) is 0. The Kier molecular flexibility index (Phi) is 3.77. The van der Waals surface area contributed by atoms with Gasteiger partial charge in [-0.1, -0.05) is 40.5 Å². The number of ether oxygens (including phenoxy) is 1. The lowest BCUT2D eigenvalue weighted by Gasteiger charge is -2.09. The van der Waals surface area contributed by atoms with Gasteiger partial charge in [-0.3, -0.25) is 4.79 Å². The Balaban J connectivity index is 1.90. The maximum absolute atomic E-state index is 12.2. The SMILES string of the molecule is O=c1c2ccccc2nnn1COc1cc(Cl)ccc1Cl. The van der Waals surface area contributed by atoms with Crippen molar-refractivity contribution in [3.8, 4) is 5.75 Å². The number of benzene rings is 2. The highest BCUT2D eigenvalue weighted by atomic mass is 35.5. The van der Waals surface area contributed by atoms with Crippen molar-refractivity contribution < 1.29 is 4.74 Å². The highest BCUT2D eigenvalue weighted by Crippen LogP contribution is 2.27. The molecule has 5 nitrogen and oxygen atoms in total. The molecule has 7 heteroatoms. The van der Waals surface area contributed by atoms with E-state index in [1.165, 1.54) is 0 Å². The Morgan fingerprint density at radius 3 is 2.81 bits per heavy atom. The predicted octanol–water partition coefficient (Wildman–Crippen LogP) is 3.13. The van der Waals surface area contributed by atoms with E-state index in [0.29, 0.717) is 26.7 Å².